The number of nitrogens with zero attached hydrogens (tertiary/aromatic N) is 2. The van der Waals surface area contributed by atoms with E-state index in [2.05, 4.69) is 22.1 Å². The summed E-state index contributed by atoms with van der Waals surface area (Å²) in [5.74, 6) is 1.77. The molecule has 18 heavy (non-hydrogen) atoms. The number of nitrogens with one attached hydrogen (secondary N) is 1. The first-order valence-corrected chi connectivity index (χ1v) is 7.16. The molecular formula is C14H22ClN3. The molecule has 1 heterocycles. The molecule has 0 radical (unpaired) electrons. The second-order valence-corrected chi connectivity index (χ2v) is 5.41. The average Bonchev–Trinajstić information content (AvgIpc) is 2.34. The Hall–Kier alpha value is -0.800. The van der Waals surface area contributed by atoms with E-state index >= 15 is 0 Å². The highest BCUT2D eigenvalue weighted by molar-refractivity contribution is 6.31. The molecule has 3 nitrogen and oxygen atoms in total. The number of anilines is 1. The highest BCUT2D eigenvalue weighted by Gasteiger charge is 2.20. The first-order valence-electron chi connectivity index (χ1n) is 6.78. The van der Waals surface area contributed by atoms with E-state index in [4.69, 9.17) is 11.6 Å². The van der Waals surface area contributed by atoms with Gasteiger partial charge in [-0.1, -0.05) is 24.9 Å². The van der Waals surface area contributed by atoms with Crippen molar-refractivity contribution in [3.05, 3.63) is 22.8 Å². The maximum Gasteiger partial charge on any atom is 0.126 e. The smallest absolute Gasteiger partial charge is 0.126 e. The zero-order valence-electron chi connectivity index (χ0n) is 11.2. The summed E-state index contributed by atoms with van der Waals surface area (Å²) in [6.07, 6.45) is 4.17. The van der Waals surface area contributed by atoms with Gasteiger partial charge >= 0.3 is 0 Å². The van der Waals surface area contributed by atoms with E-state index in [0.717, 1.165) is 35.5 Å². The molecule has 1 aromatic heterocycles. The fraction of sp³-hybridized carbons (Fsp3) is 0.643. The highest BCUT2D eigenvalue weighted by Crippen LogP contribution is 2.28. The van der Waals surface area contributed by atoms with Crippen LogP contribution in [-0.2, 0) is 6.54 Å². The Bertz CT molecular complexity index is 391. The van der Waals surface area contributed by atoms with Crippen molar-refractivity contribution in [2.45, 2.75) is 32.7 Å². The Kier molecular flexibility index (Phi) is 4.84. The van der Waals surface area contributed by atoms with Gasteiger partial charge in [0.2, 0.25) is 0 Å². The third kappa shape index (κ3) is 3.36. The van der Waals surface area contributed by atoms with Gasteiger partial charge in [-0.15, -0.1) is 0 Å². The third-order valence-corrected chi connectivity index (χ3v) is 4.08. The van der Waals surface area contributed by atoms with Gasteiger partial charge in [-0.05, 0) is 37.4 Å². The molecule has 1 N–H and O–H groups in total. The molecule has 1 aliphatic carbocycles. The molecule has 2 rings (SSSR count). The van der Waals surface area contributed by atoms with Gasteiger partial charge in [0.1, 0.15) is 5.82 Å². The summed E-state index contributed by atoms with van der Waals surface area (Å²) in [6.45, 7) is 5.28. The quantitative estimate of drug-likeness (QED) is 0.856. The Morgan fingerprint density at radius 1 is 1.44 bits per heavy atom. The van der Waals surface area contributed by atoms with Crippen LogP contribution in [0.4, 0.5) is 5.82 Å². The van der Waals surface area contributed by atoms with E-state index in [-0.39, 0.29) is 0 Å². The molecule has 0 amide bonds. The summed E-state index contributed by atoms with van der Waals surface area (Å²) < 4.78 is 0. The number of hydrogen-bond donors (Lipinski definition) is 1. The van der Waals surface area contributed by atoms with Crippen molar-refractivity contribution >= 4 is 17.4 Å². The second-order valence-electron chi connectivity index (χ2n) is 5.00. The molecule has 0 aliphatic heterocycles. The van der Waals surface area contributed by atoms with Crippen molar-refractivity contribution in [3.8, 4) is 0 Å². The van der Waals surface area contributed by atoms with Crippen molar-refractivity contribution in [1.82, 2.24) is 9.88 Å². The maximum absolute atomic E-state index is 6.22. The van der Waals surface area contributed by atoms with Crippen LogP contribution in [-0.4, -0.2) is 30.0 Å². The monoisotopic (exact) mass is 267 g/mol. The van der Waals surface area contributed by atoms with Gasteiger partial charge < -0.3 is 5.32 Å². The van der Waals surface area contributed by atoms with Gasteiger partial charge in [-0.3, -0.25) is 4.90 Å². The molecule has 1 aromatic rings. The molecule has 1 aliphatic rings. The predicted octanol–water partition coefficient (Wildman–Crippen LogP) is 3.40. The lowest BCUT2D eigenvalue weighted by molar-refractivity contribution is 0.177. The molecule has 0 unspecified atom stereocenters. The lowest BCUT2D eigenvalue weighted by atomic mass is 9.85. The molecular weight excluding hydrogens is 246 g/mol. The van der Waals surface area contributed by atoms with Gasteiger partial charge in [-0.2, -0.15) is 0 Å². The van der Waals surface area contributed by atoms with Gasteiger partial charge in [0.15, 0.2) is 0 Å². The zero-order valence-corrected chi connectivity index (χ0v) is 12.0. The fourth-order valence-electron chi connectivity index (χ4n) is 2.29. The maximum atomic E-state index is 6.22. The summed E-state index contributed by atoms with van der Waals surface area (Å²) in [6, 6.07) is 3.83. The number of hydrogen-bond acceptors (Lipinski definition) is 3. The van der Waals surface area contributed by atoms with Crippen molar-refractivity contribution in [2.75, 3.05) is 25.5 Å². The summed E-state index contributed by atoms with van der Waals surface area (Å²) in [5.41, 5.74) is 0.977. The average molecular weight is 268 g/mol. The van der Waals surface area contributed by atoms with Crippen LogP contribution in [0.1, 0.15) is 31.9 Å². The lowest BCUT2D eigenvalue weighted by Gasteiger charge is -2.31. The second kappa shape index (κ2) is 6.39. The lowest BCUT2D eigenvalue weighted by Crippen LogP contribution is -2.32. The Balaban J connectivity index is 2.00. The van der Waals surface area contributed by atoms with Crippen LogP contribution in [0.2, 0.25) is 5.02 Å². The van der Waals surface area contributed by atoms with Crippen molar-refractivity contribution in [1.29, 1.82) is 0 Å². The van der Waals surface area contributed by atoms with Gasteiger partial charge in [0.05, 0.1) is 10.7 Å². The van der Waals surface area contributed by atoms with Gasteiger partial charge in [0.25, 0.3) is 0 Å². The normalized spacial score (nSPS) is 15.8. The first kappa shape index (κ1) is 13.6. The SMILES string of the molecule is CCN(Cc1nc(NC)ccc1Cl)CC1CCC1. The topological polar surface area (TPSA) is 28.2 Å². The van der Waals surface area contributed by atoms with E-state index in [1.807, 2.05) is 19.2 Å². The zero-order chi connectivity index (χ0) is 13.0. The van der Waals surface area contributed by atoms with Crippen LogP contribution < -0.4 is 5.32 Å². The van der Waals surface area contributed by atoms with Gasteiger partial charge in [0, 0.05) is 20.1 Å². The van der Waals surface area contributed by atoms with Crippen LogP contribution in [0.5, 0.6) is 0 Å². The molecule has 0 saturated heterocycles. The molecule has 4 heteroatoms. The van der Waals surface area contributed by atoms with Crippen molar-refractivity contribution in [3.63, 3.8) is 0 Å². The van der Waals surface area contributed by atoms with Crippen LogP contribution in [0, 0.1) is 5.92 Å². The molecule has 0 bridgehead atoms. The largest absolute Gasteiger partial charge is 0.373 e. The Morgan fingerprint density at radius 2 is 2.22 bits per heavy atom. The Morgan fingerprint density at radius 3 is 2.78 bits per heavy atom. The van der Waals surface area contributed by atoms with Crippen molar-refractivity contribution in [2.24, 2.45) is 5.92 Å². The summed E-state index contributed by atoms with van der Waals surface area (Å²) in [7, 11) is 1.88. The van der Waals surface area contributed by atoms with Crippen LogP contribution >= 0.6 is 11.6 Å². The first-order chi connectivity index (χ1) is 8.72. The van der Waals surface area contributed by atoms with Crippen LogP contribution in [0.25, 0.3) is 0 Å². The molecule has 1 saturated carbocycles. The standard InChI is InChI=1S/C14H22ClN3/c1-3-18(9-11-5-4-6-11)10-13-12(15)7-8-14(16-2)17-13/h7-8,11H,3-6,9-10H2,1-2H3,(H,16,17). The summed E-state index contributed by atoms with van der Waals surface area (Å²) >= 11 is 6.22. The van der Waals surface area contributed by atoms with E-state index in [9.17, 15) is 0 Å². The van der Waals surface area contributed by atoms with E-state index in [1.54, 1.807) is 0 Å². The molecule has 100 valence electrons. The number of halogens is 1. The van der Waals surface area contributed by atoms with Crippen LogP contribution in [0.15, 0.2) is 12.1 Å². The number of rotatable bonds is 6. The summed E-state index contributed by atoms with van der Waals surface area (Å²) in [5, 5.41) is 3.83. The third-order valence-electron chi connectivity index (χ3n) is 3.74. The number of aromatic nitrogens is 1. The van der Waals surface area contributed by atoms with E-state index < -0.39 is 0 Å². The number of pyridine rings is 1. The highest BCUT2D eigenvalue weighted by atomic mass is 35.5. The Labute approximate surface area is 115 Å². The minimum Gasteiger partial charge on any atom is -0.373 e. The van der Waals surface area contributed by atoms with Crippen molar-refractivity contribution < 1.29 is 0 Å². The minimum atomic E-state index is 0.765. The van der Waals surface area contributed by atoms with E-state index in [0.29, 0.717) is 0 Å². The summed E-state index contributed by atoms with van der Waals surface area (Å²) in [4.78, 5) is 6.99. The van der Waals surface area contributed by atoms with Gasteiger partial charge in [-0.25, -0.2) is 4.98 Å². The van der Waals surface area contributed by atoms with E-state index in [1.165, 1.54) is 25.8 Å². The predicted molar refractivity (Wildman–Crippen MR) is 77.1 cm³/mol. The van der Waals surface area contributed by atoms with Crippen LogP contribution in [0.3, 0.4) is 0 Å². The minimum absolute atomic E-state index is 0.765. The molecule has 0 atom stereocenters. The molecule has 0 aromatic carbocycles. The molecule has 1 fully saturated rings. The molecule has 0 spiro atoms. The fourth-order valence-corrected chi connectivity index (χ4v) is 2.46.